The van der Waals surface area contributed by atoms with Crippen molar-refractivity contribution >= 4 is 11.6 Å². The molecule has 0 bridgehead atoms. The number of fused-ring (bicyclic) bond motifs is 3. The quantitative estimate of drug-likeness (QED) is 0.848. The number of carbonyl (C=O) groups excluding carboxylic acids is 1. The summed E-state index contributed by atoms with van der Waals surface area (Å²) in [7, 11) is 0. The average Bonchev–Trinajstić information content (AvgIpc) is 3.05. The van der Waals surface area contributed by atoms with E-state index in [0.29, 0.717) is 11.8 Å². The second-order valence-electron chi connectivity index (χ2n) is 5.58. The summed E-state index contributed by atoms with van der Waals surface area (Å²) in [5.41, 5.74) is 3.08. The van der Waals surface area contributed by atoms with E-state index >= 15 is 0 Å². The van der Waals surface area contributed by atoms with Crippen LogP contribution in [0.3, 0.4) is 0 Å². The first-order valence-corrected chi connectivity index (χ1v) is 6.40. The highest BCUT2D eigenvalue weighted by atomic mass is 16.2. The highest BCUT2D eigenvalue weighted by Gasteiger charge is 2.62. The molecule has 2 unspecified atom stereocenters. The molecule has 0 aromatic carbocycles. The van der Waals surface area contributed by atoms with Crippen molar-refractivity contribution in [1.82, 2.24) is 4.98 Å². The normalized spacial score (nSPS) is 29.6. The molecule has 3 heteroatoms. The molecule has 2 atom stereocenters. The Bertz CT molecular complexity index is 495. The molecule has 90 valence electrons. The van der Waals surface area contributed by atoms with E-state index in [1.807, 2.05) is 6.20 Å². The maximum atomic E-state index is 12.1. The van der Waals surface area contributed by atoms with Crippen molar-refractivity contribution in [3.8, 4) is 0 Å². The molecule has 1 aliphatic heterocycles. The van der Waals surface area contributed by atoms with Gasteiger partial charge in [-0.15, -0.1) is 0 Å². The monoisotopic (exact) mass is 230 g/mol. The Labute approximate surface area is 102 Å². The minimum atomic E-state index is -0.140. The predicted octanol–water partition coefficient (Wildman–Crippen LogP) is 3.04. The summed E-state index contributed by atoms with van der Waals surface area (Å²) in [5, 5.41) is 3.04. The summed E-state index contributed by atoms with van der Waals surface area (Å²) < 4.78 is 0. The lowest BCUT2D eigenvalue weighted by Gasteiger charge is -2.23. The molecule has 3 nitrogen and oxygen atoms in total. The SMILES string of the molecule is CCC12CC1c1ncc(C(C)C)cc1NC2=O. The second-order valence-corrected chi connectivity index (χ2v) is 5.58. The second kappa shape index (κ2) is 3.31. The van der Waals surface area contributed by atoms with Crippen LogP contribution in [-0.4, -0.2) is 10.9 Å². The summed E-state index contributed by atoms with van der Waals surface area (Å²) in [6.45, 7) is 6.37. The molecule has 1 aromatic rings. The van der Waals surface area contributed by atoms with Crippen LogP contribution in [0.25, 0.3) is 0 Å². The number of nitrogens with one attached hydrogen (secondary N) is 1. The van der Waals surface area contributed by atoms with Gasteiger partial charge in [-0.05, 0) is 30.4 Å². The van der Waals surface area contributed by atoms with Gasteiger partial charge in [0.25, 0.3) is 0 Å². The molecule has 1 aromatic heterocycles. The summed E-state index contributed by atoms with van der Waals surface area (Å²) in [4.78, 5) is 16.7. The number of amides is 1. The zero-order valence-electron chi connectivity index (χ0n) is 10.6. The fourth-order valence-corrected chi connectivity index (χ4v) is 2.90. The van der Waals surface area contributed by atoms with Gasteiger partial charge in [0.2, 0.25) is 5.91 Å². The maximum Gasteiger partial charge on any atom is 0.231 e. The van der Waals surface area contributed by atoms with Crippen LogP contribution in [-0.2, 0) is 4.79 Å². The van der Waals surface area contributed by atoms with Gasteiger partial charge in [0.15, 0.2) is 0 Å². The van der Waals surface area contributed by atoms with Crippen molar-refractivity contribution in [2.24, 2.45) is 5.41 Å². The number of nitrogens with zero attached hydrogens (tertiary/aromatic N) is 1. The molecular weight excluding hydrogens is 212 g/mol. The van der Waals surface area contributed by atoms with Crippen molar-refractivity contribution in [3.05, 3.63) is 23.5 Å². The topological polar surface area (TPSA) is 42.0 Å². The maximum absolute atomic E-state index is 12.1. The van der Waals surface area contributed by atoms with Crippen molar-refractivity contribution in [3.63, 3.8) is 0 Å². The zero-order chi connectivity index (χ0) is 12.2. The fraction of sp³-hybridized carbons (Fsp3) is 0.571. The van der Waals surface area contributed by atoms with E-state index in [9.17, 15) is 4.79 Å². The number of carbonyl (C=O) groups is 1. The molecule has 0 spiro atoms. The van der Waals surface area contributed by atoms with Crippen LogP contribution in [0.4, 0.5) is 5.69 Å². The zero-order valence-corrected chi connectivity index (χ0v) is 10.6. The molecule has 2 heterocycles. The molecule has 1 N–H and O–H groups in total. The molecule has 1 aliphatic carbocycles. The summed E-state index contributed by atoms with van der Waals surface area (Å²) >= 11 is 0. The van der Waals surface area contributed by atoms with Gasteiger partial charge >= 0.3 is 0 Å². The van der Waals surface area contributed by atoms with E-state index in [1.54, 1.807) is 0 Å². The summed E-state index contributed by atoms with van der Waals surface area (Å²) in [6, 6.07) is 2.09. The highest BCUT2D eigenvalue weighted by molar-refractivity contribution is 6.02. The molecule has 17 heavy (non-hydrogen) atoms. The molecule has 0 radical (unpaired) electrons. The van der Waals surface area contributed by atoms with E-state index in [2.05, 4.69) is 37.1 Å². The van der Waals surface area contributed by atoms with Gasteiger partial charge in [-0.25, -0.2) is 0 Å². The molecule has 0 saturated heterocycles. The van der Waals surface area contributed by atoms with Crippen molar-refractivity contribution < 1.29 is 4.79 Å². The van der Waals surface area contributed by atoms with Crippen LogP contribution in [0.5, 0.6) is 0 Å². The van der Waals surface area contributed by atoms with Gasteiger partial charge in [0.05, 0.1) is 16.8 Å². The van der Waals surface area contributed by atoms with Gasteiger partial charge in [0.1, 0.15) is 0 Å². The van der Waals surface area contributed by atoms with Gasteiger partial charge < -0.3 is 5.32 Å². The van der Waals surface area contributed by atoms with Crippen LogP contribution in [0.1, 0.15) is 56.7 Å². The Kier molecular flexibility index (Phi) is 2.09. The molecule has 2 aliphatic rings. The number of rotatable bonds is 2. The lowest BCUT2D eigenvalue weighted by atomic mass is 9.92. The van der Waals surface area contributed by atoms with E-state index in [1.165, 1.54) is 5.56 Å². The Hall–Kier alpha value is -1.38. The third-order valence-corrected chi connectivity index (χ3v) is 4.34. The van der Waals surface area contributed by atoms with Crippen molar-refractivity contribution in [2.75, 3.05) is 5.32 Å². The predicted molar refractivity (Wildman–Crippen MR) is 67.0 cm³/mol. The van der Waals surface area contributed by atoms with E-state index < -0.39 is 0 Å². The molecule has 1 saturated carbocycles. The smallest absolute Gasteiger partial charge is 0.231 e. The largest absolute Gasteiger partial charge is 0.324 e. The lowest BCUT2D eigenvalue weighted by Crippen LogP contribution is -2.29. The third-order valence-electron chi connectivity index (χ3n) is 4.34. The number of hydrogen-bond donors (Lipinski definition) is 1. The van der Waals surface area contributed by atoms with E-state index in [-0.39, 0.29) is 11.3 Å². The van der Waals surface area contributed by atoms with Gasteiger partial charge in [0, 0.05) is 12.1 Å². The minimum Gasteiger partial charge on any atom is -0.324 e. The van der Waals surface area contributed by atoms with Crippen LogP contribution in [0.15, 0.2) is 12.3 Å². The molecule has 3 rings (SSSR count). The Morgan fingerprint density at radius 3 is 3.00 bits per heavy atom. The Morgan fingerprint density at radius 2 is 2.35 bits per heavy atom. The van der Waals surface area contributed by atoms with Crippen molar-refractivity contribution in [1.29, 1.82) is 0 Å². The standard InChI is InChI=1S/C14H18N2O/c1-4-14-6-10(14)12-11(16-13(14)17)5-9(7-15-12)8(2)3/h5,7-8,10H,4,6H2,1-3H3,(H,16,17). The van der Waals surface area contributed by atoms with Crippen LogP contribution in [0, 0.1) is 5.41 Å². The first kappa shape index (κ1) is 10.8. The minimum absolute atomic E-state index is 0.140. The summed E-state index contributed by atoms with van der Waals surface area (Å²) in [5.74, 6) is 0.999. The van der Waals surface area contributed by atoms with Gasteiger partial charge in [-0.1, -0.05) is 20.8 Å². The molecule has 1 fully saturated rings. The van der Waals surface area contributed by atoms with Crippen LogP contribution < -0.4 is 5.32 Å². The first-order chi connectivity index (χ1) is 8.08. The van der Waals surface area contributed by atoms with Gasteiger partial charge in [-0.3, -0.25) is 9.78 Å². The first-order valence-electron chi connectivity index (χ1n) is 6.40. The van der Waals surface area contributed by atoms with Gasteiger partial charge in [-0.2, -0.15) is 0 Å². The van der Waals surface area contributed by atoms with Crippen LogP contribution in [0.2, 0.25) is 0 Å². The molecule has 1 amide bonds. The summed E-state index contributed by atoms with van der Waals surface area (Å²) in [6.07, 6.45) is 3.84. The average molecular weight is 230 g/mol. The lowest BCUT2D eigenvalue weighted by molar-refractivity contribution is -0.121. The van der Waals surface area contributed by atoms with Crippen LogP contribution >= 0.6 is 0 Å². The van der Waals surface area contributed by atoms with E-state index in [4.69, 9.17) is 0 Å². The van der Waals surface area contributed by atoms with Crippen molar-refractivity contribution in [2.45, 2.75) is 45.4 Å². The Balaban J connectivity index is 2.03. The number of aromatic nitrogens is 1. The fourth-order valence-electron chi connectivity index (χ4n) is 2.90. The highest BCUT2D eigenvalue weighted by Crippen LogP contribution is 2.64. The number of pyridine rings is 1. The third kappa shape index (κ3) is 1.34. The number of hydrogen-bond acceptors (Lipinski definition) is 2. The number of anilines is 1. The van der Waals surface area contributed by atoms with E-state index in [0.717, 1.165) is 24.2 Å². The molecular formula is C14H18N2O. The Morgan fingerprint density at radius 1 is 1.59 bits per heavy atom.